The van der Waals surface area contributed by atoms with Crippen LogP contribution in [0.2, 0.25) is 0 Å². The molecule has 16 heavy (non-hydrogen) atoms. The summed E-state index contributed by atoms with van der Waals surface area (Å²) in [6.45, 7) is 8.99. The van der Waals surface area contributed by atoms with Crippen LogP contribution < -0.4 is 10.6 Å². The lowest BCUT2D eigenvalue weighted by molar-refractivity contribution is -0.123. The number of rotatable bonds is 8. The highest BCUT2D eigenvalue weighted by Crippen LogP contribution is 2.14. The predicted octanol–water partition coefficient (Wildman–Crippen LogP) is 1.04. The van der Waals surface area contributed by atoms with E-state index in [-0.39, 0.29) is 24.1 Å². The lowest BCUT2D eigenvalue weighted by Crippen LogP contribution is -2.47. The molecule has 0 fully saturated rings. The second-order valence-corrected chi connectivity index (χ2v) is 4.60. The van der Waals surface area contributed by atoms with Gasteiger partial charge in [-0.2, -0.15) is 0 Å². The maximum absolute atomic E-state index is 11.7. The van der Waals surface area contributed by atoms with Gasteiger partial charge in [0.05, 0.1) is 0 Å². The molecule has 0 aromatic carbocycles. The number of carbonyl (C=O) groups is 1. The van der Waals surface area contributed by atoms with Crippen molar-refractivity contribution in [3.63, 3.8) is 0 Å². The van der Waals surface area contributed by atoms with E-state index in [4.69, 9.17) is 5.11 Å². The fraction of sp³-hybridized carbons (Fsp3) is 0.917. The van der Waals surface area contributed by atoms with Crippen LogP contribution in [0.5, 0.6) is 0 Å². The summed E-state index contributed by atoms with van der Waals surface area (Å²) in [5.41, 5.74) is -0.280. The van der Waals surface area contributed by atoms with Crippen molar-refractivity contribution in [2.24, 2.45) is 0 Å². The van der Waals surface area contributed by atoms with E-state index in [2.05, 4.69) is 10.6 Å². The van der Waals surface area contributed by atoms with Gasteiger partial charge in [-0.3, -0.25) is 4.79 Å². The molecule has 0 radical (unpaired) electrons. The average molecular weight is 230 g/mol. The van der Waals surface area contributed by atoms with Crippen molar-refractivity contribution in [3.8, 4) is 0 Å². The average Bonchev–Trinajstić information content (AvgIpc) is 2.17. The largest absolute Gasteiger partial charge is 0.396 e. The molecular formula is C12H26N2O2. The van der Waals surface area contributed by atoms with Gasteiger partial charge in [-0.1, -0.05) is 13.8 Å². The van der Waals surface area contributed by atoms with Gasteiger partial charge in [0.25, 0.3) is 0 Å². The Morgan fingerprint density at radius 3 is 2.50 bits per heavy atom. The smallest absolute Gasteiger partial charge is 0.221 e. The molecule has 0 saturated carbocycles. The Balaban J connectivity index is 4.10. The Bertz CT molecular complexity index is 209. The molecule has 96 valence electrons. The zero-order chi connectivity index (χ0) is 12.6. The molecule has 0 bridgehead atoms. The molecule has 3 N–H and O–H groups in total. The highest BCUT2D eigenvalue weighted by molar-refractivity contribution is 5.77. The van der Waals surface area contributed by atoms with E-state index in [9.17, 15) is 4.79 Å². The SMILES string of the molecule is CCNC(C)CC(=O)NC(C)(CC)CCO. The molecule has 0 aromatic heterocycles. The predicted molar refractivity (Wildman–Crippen MR) is 66.3 cm³/mol. The third kappa shape index (κ3) is 6.08. The van der Waals surface area contributed by atoms with Crippen molar-refractivity contribution >= 4 is 5.91 Å². The van der Waals surface area contributed by atoms with Gasteiger partial charge in [0.1, 0.15) is 0 Å². The maximum atomic E-state index is 11.7. The number of aliphatic hydroxyl groups excluding tert-OH is 1. The van der Waals surface area contributed by atoms with Gasteiger partial charge in [-0.15, -0.1) is 0 Å². The molecule has 0 aliphatic rings. The van der Waals surface area contributed by atoms with E-state index in [0.717, 1.165) is 13.0 Å². The summed E-state index contributed by atoms with van der Waals surface area (Å²) in [5, 5.41) is 15.1. The first-order valence-electron chi connectivity index (χ1n) is 6.12. The first-order valence-corrected chi connectivity index (χ1v) is 6.12. The van der Waals surface area contributed by atoms with Crippen LogP contribution in [0.15, 0.2) is 0 Å². The summed E-state index contributed by atoms with van der Waals surface area (Å²) >= 11 is 0. The van der Waals surface area contributed by atoms with E-state index in [1.807, 2.05) is 27.7 Å². The molecule has 1 amide bonds. The van der Waals surface area contributed by atoms with Crippen LogP contribution in [-0.2, 0) is 4.79 Å². The highest BCUT2D eigenvalue weighted by atomic mass is 16.3. The van der Waals surface area contributed by atoms with Crippen LogP contribution in [-0.4, -0.2) is 35.7 Å². The Morgan fingerprint density at radius 1 is 1.44 bits per heavy atom. The van der Waals surface area contributed by atoms with Gasteiger partial charge in [0.2, 0.25) is 5.91 Å². The zero-order valence-electron chi connectivity index (χ0n) is 11.0. The van der Waals surface area contributed by atoms with Gasteiger partial charge >= 0.3 is 0 Å². The van der Waals surface area contributed by atoms with Gasteiger partial charge in [0.15, 0.2) is 0 Å². The molecule has 2 atom stereocenters. The Hall–Kier alpha value is -0.610. The Morgan fingerprint density at radius 2 is 2.06 bits per heavy atom. The summed E-state index contributed by atoms with van der Waals surface area (Å²) in [6, 6.07) is 0.195. The molecule has 4 heteroatoms. The maximum Gasteiger partial charge on any atom is 0.221 e. The fourth-order valence-corrected chi connectivity index (χ4v) is 1.66. The van der Waals surface area contributed by atoms with Crippen molar-refractivity contribution in [3.05, 3.63) is 0 Å². The second kappa shape index (κ2) is 7.63. The summed E-state index contributed by atoms with van der Waals surface area (Å²) < 4.78 is 0. The number of amides is 1. The van der Waals surface area contributed by atoms with Crippen molar-refractivity contribution < 1.29 is 9.90 Å². The van der Waals surface area contributed by atoms with Gasteiger partial charge in [-0.05, 0) is 33.2 Å². The first-order chi connectivity index (χ1) is 7.47. The quantitative estimate of drug-likeness (QED) is 0.584. The van der Waals surface area contributed by atoms with Gasteiger partial charge < -0.3 is 15.7 Å². The van der Waals surface area contributed by atoms with E-state index in [1.165, 1.54) is 0 Å². The second-order valence-electron chi connectivity index (χ2n) is 4.60. The van der Waals surface area contributed by atoms with Crippen LogP contribution in [0, 0.1) is 0 Å². The zero-order valence-corrected chi connectivity index (χ0v) is 11.0. The lowest BCUT2D eigenvalue weighted by Gasteiger charge is -2.29. The van der Waals surface area contributed by atoms with E-state index in [0.29, 0.717) is 12.8 Å². The van der Waals surface area contributed by atoms with Crippen LogP contribution >= 0.6 is 0 Å². The first kappa shape index (κ1) is 15.4. The minimum absolute atomic E-state index is 0.0475. The topological polar surface area (TPSA) is 61.4 Å². The summed E-state index contributed by atoms with van der Waals surface area (Å²) in [6.07, 6.45) is 1.91. The lowest BCUT2D eigenvalue weighted by atomic mass is 9.94. The van der Waals surface area contributed by atoms with Crippen LogP contribution in [0.1, 0.15) is 47.0 Å². The van der Waals surface area contributed by atoms with Gasteiger partial charge in [0, 0.05) is 24.6 Å². The number of hydrogen-bond donors (Lipinski definition) is 3. The number of carbonyl (C=O) groups excluding carboxylic acids is 1. The Labute approximate surface area is 98.8 Å². The molecular weight excluding hydrogens is 204 g/mol. The monoisotopic (exact) mass is 230 g/mol. The van der Waals surface area contributed by atoms with Crippen LogP contribution in [0.25, 0.3) is 0 Å². The molecule has 0 rings (SSSR count). The molecule has 0 saturated heterocycles. The van der Waals surface area contributed by atoms with Crippen molar-refractivity contribution in [2.45, 2.75) is 58.5 Å². The van der Waals surface area contributed by atoms with E-state index in [1.54, 1.807) is 0 Å². The number of nitrogens with one attached hydrogen (secondary N) is 2. The van der Waals surface area contributed by atoms with Crippen molar-refractivity contribution in [1.82, 2.24) is 10.6 Å². The molecule has 0 aliphatic carbocycles. The fourth-order valence-electron chi connectivity index (χ4n) is 1.66. The minimum Gasteiger partial charge on any atom is -0.396 e. The molecule has 0 spiro atoms. The molecule has 0 heterocycles. The highest BCUT2D eigenvalue weighted by Gasteiger charge is 2.23. The van der Waals surface area contributed by atoms with E-state index >= 15 is 0 Å². The van der Waals surface area contributed by atoms with Crippen molar-refractivity contribution in [2.75, 3.05) is 13.2 Å². The molecule has 4 nitrogen and oxygen atoms in total. The Kier molecular flexibility index (Phi) is 7.34. The van der Waals surface area contributed by atoms with Gasteiger partial charge in [-0.25, -0.2) is 0 Å². The molecule has 0 aliphatic heterocycles. The number of hydrogen-bond acceptors (Lipinski definition) is 3. The molecule has 2 unspecified atom stereocenters. The third-order valence-corrected chi connectivity index (χ3v) is 2.93. The summed E-state index contributed by atoms with van der Waals surface area (Å²) in [7, 11) is 0. The number of aliphatic hydroxyl groups is 1. The third-order valence-electron chi connectivity index (χ3n) is 2.93. The van der Waals surface area contributed by atoms with E-state index < -0.39 is 0 Å². The van der Waals surface area contributed by atoms with Crippen LogP contribution in [0.3, 0.4) is 0 Å². The normalized spacial score (nSPS) is 16.6. The van der Waals surface area contributed by atoms with Crippen LogP contribution in [0.4, 0.5) is 0 Å². The summed E-state index contributed by atoms with van der Waals surface area (Å²) in [4.78, 5) is 11.7. The molecule has 0 aromatic rings. The standard InChI is InChI=1S/C12H26N2O2/c1-5-12(4,7-8-15)14-11(16)9-10(3)13-6-2/h10,13,15H,5-9H2,1-4H3,(H,14,16). The summed E-state index contributed by atoms with van der Waals surface area (Å²) in [5.74, 6) is 0.0475. The minimum atomic E-state index is -0.280. The van der Waals surface area contributed by atoms with Crippen molar-refractivity contribution in [1.29, 1.82) is 0 Å².